The Morgan fingerprint density at radius 3 is 2.62 bits per heavy atom. The molecule has 0 aliphatic carbocycles. The third-order valence-corrected chi connectivity index (χ3v) is 8.77. The van der Waals surface area contributed by atoms with E-state index in [0.717, 1.165) is 5.39 Å². The summed E-state index contributed by atoms with van der Waals surface area (Å²) < 4.78 is 33.4. The smallest absolute Gasteiger partial charge is 0.282 e. The number of furan rings is 1. The molecule has 0 saturated heterocycles. The number of carbonyl (C=O) groups excluding carboxylic acids is 1. The van der Waals surface area contributed by atoms with Crippen LogP contribution in [0.4, 0.5) is 10.1 Å². The number of halogens is 3. The minimum atomic E-state index is -0.488. The molecule has 1 N–H and O–H groups in total. The van der Waals surface area contributed by atoms with Gasteiger partial charge < -0.3 is 19.2 Å². The fourth-order valence-corrected chi connectivity index (χ4v) is 5.53. The number of ether oxygens (including phenoxy) is 2. The Bertz CT molecular complexity index is 2130. The first-order valence-corrected chi connectivity index (χ1v) is 15.3. The molecule has 12 heteroatoms. The van der Waals surface area contributed by atoms with Gasteiger partial charge in [0.1, 0.15) is 11.4 Å². The zero-order valence-corrected chi connectivity index (χ0v) is 26.8. The van der Waals surface area contributed by atoms with Gasteiger partial charge in [-0.25, -0.2) is 9.37 Å². The summed E-state index contributed by atoms with van der Waals surface area (Å²) in [6, 6.07) is 23.6. The van der Waals surface area contributed by atoms with Crippen LogP contribution in [0, 0.1) is 5.82 Å². The van der Waals surface area contributed by atoms with Crippen molar-refractivity contribution in [3.8, 4) is 23.1 Å². The number of para-hydroxylation sites is 2. The lowest BCUT2D eigenvalue weighted by Gasteiger charge is -2.16. The molecule has 0 spiro atoms. The third kappa shape index (κ3) is 6.38. The Morgan fingerprint density at radius 1 is 1.02 bits per heavy atom. The van der Waals surface area contributed by atoms with Gasteiger partial charge in [-0.2, -0.15) is 9.78 Å². The molecule has 2 aromatic heterocycles. The lowest BCUT2D eigenvalue weighted by atomic mass is 10.2. The molecule has 0 unspecified atom stereocenters. The summed E-state index contributed by atoms with van der Waals surface area (Å²) in [7, 11) is 0. The number of hydrogen-bond acceptors (Lipinski definition) is 7. The molecule has 6 aromatic rings. The van der Waals surface area contributed by atoms with Crippen molar-refractivity contribution in [3.63, 3.8) is 0 Å². The molecule has 6 rings (SSSR count). The van der Waals surface area contributed by atoms with Crippen LogP contribution in [0.25, 0.3) is 33.5 Å². The van der Waals surface area contributed by atoms with Crippen LogP contribution in [-0.2, 0) is 4.79 Å². The summed E-state index contributed by atoms with van der Waals surface area (Å²) >= 11 is 7.10. The standard InChI is InChI=1S/C33H23Br2FN4O5/c1-2-43-26-15-20(29(34)30(35)31(26)44-18-28(41)38-22-10-7-9-21(36)16-22)17-37-40-32(27-14-19-8-3-6-13-25(19)45-27)39-24-12-5-4-11-23(24)33(40)42/h3-17H,2,18H2,1H3,(H,38,41). The van der Waals surface area contributed by atoms with Crippen molar-refractivity contribution in [1.29, 1.82) is 0 Å². The zero-order chi connectivity index (χ0) is 31.5. The van der Waals surface area contributed by atoms with Gasteiger partial charge in [-0.1, -0.05) is 36.4 Å². The average Bonchev–Trinajstić information content (AvgIpc) is 3.47. The monoisotopic (exact) mass is 732 g/mol. The van der Waals surface area contributed by atoms with Crippen molar-refractivity contribution in [2.24, 2.45) is 5.10 Å². The Kier molecular flexibility index (Phi) is 8.76. The predicted octanol–water partition coefficient (Wildman–Crippen LogP) is 7.77. The van der Waals surface area contributed by atoms with E-state index in [0.29, 0.717) is 54.8 Å². The number of carbonyl (C=O) groups is 1. The Morgan fingerprint density at radius 2 is 1.82 bits per heavy atom. The maximum atomic E-state index is 13.7. The number of anilines is 1. The lowest BCUT2D eigenvalue weighted by Crippen LogP contribution is -2.21. The van der Waals surface area contributed by atoms with Gasteiger partial charge in [0, 0.05) is 21.1 Å². The summed E-state index contributed by atoms with van der Waals surface area (Å²) in [6.45, 7) is 1.75. The van der Waals surface area contributed by atoms with Crippen molar-refractivity contribution in [2.45, 2.75) is 6.92 Å². The number of fused-ring (bicyclic) bond motifs is 2. The topological polar surface area (TPSA) is 108 Å². The van der Waals surface area contributed by atoms with Gasteiger partial charge in [-0.15, -0.1) is 0 Å². The van der Waals surface area contributed by atoms with Crippen LogP contribution in [0.5, 0.6) is 11.5 Å². The van der Waals surface area contributed by atoms with Gasteiger partial charge in [-0.3, -0.25) is 9.59 Å². The molecule has 226 valence electrons. The first-order chi connectivity index (χ1) is 21.8. The largest absolute Gasteiger partial charge is 0.490 e. The number of aromatic nitrogens is 2. The number of amides is 1. The van der Waals surface area contributed by atoms with Crippen molar-refractivity contribution in [1.82, 2.24) is 9.66 Å². The molecule has 4 aromatic carbocycles. The number of rotatable bonds is 9. The van der Waals surface area contributed by atoms with Crippen LogP contribution in [0.2, 0.25) is 0 Å². The number of benzene rings is 4. The van der Waals surface area contributed by atoms with E-state index in [1.807, 2.05) is 43.3 Å². The lowest BCUT2D eigenvalue weighted by molar-refractivity contribution is -0.118. The van der Waals surface area contributed by atoms with Gasteiger partial charge in [-0.05, 0) is 87.3 Å². The summed E-state index contributed by atoms with van der Waals surface area (Å²) in [5.74, 6) is 0.250. The molecule has 0 bridgehead atoms. The highest BCUT2D eigenvalue weighted by Crippen LogP contribution is 2.42. The molecule has 0 fully saturated rings. The quantitative estimate of drug-likeness (QED) is 0.152. The molecule has 0 atom stereocenters. The first-order valence-electron chi connectivity index (χ1n) is 13.7. The summed E-state index contributed by atoms with van der Waals surface area (Å²) in [5.41, 5.74) is 1.63. The van der Waals surface area contributed by atoms with E-state index in [-0.39, 0.29) is 23.7 Å². The molecule has 0 radical (unpaired) electrons. The van der Waals surface area contributed by atoms with E-state index in [9.17, 15) is 14.0 Å². The van der Waals surface area contributed by atoms with Crippen LogP contribution in [-0.4, -0.2) is 35.0 Å². The fourth-order valence-electron chi connectivity index (χ4n) is 4.60. The fraction of sp³-hybridized carbons (Fsp3) is 0.0909. The maximum absolute atomic E-state index is 13.7. The molecular formula is C33H23Br2FN4O5. The van der Waals surface area contributed by atoms with Crippen molar-refractivity contribution >= 4 is 71.5 Å². The van der Waals surface area contributed by atoms with Crippen LogP contribution < -0.4 is 20.3 Å². The van der Waals surface area contributed by atoms with E-state index in [4.69, 9.17) is 18.9 Å². The van der Waals surface area contributed by atoms with Crippen LogP contribution in [0.3, 0.4) is 0 Å². The highest BCUT2D eigenvalue weighted by Gasteiger charge is 2.20. The molecule has 0 aliphatic heterocycles. The minimum Gasteiger partial charge on any atom is -0.490 e. The number of nitrogens with zero attached hydrogens (tertiary/aromatic N) is 3. The van der Waals surface area contributed by atoms with E-state index in [1.165, 1.54) is 29.1 Å². The summed E-state index contributed by atoms with van der Waals surface area (Å²) in [4.78, 5) is 30.9. The van der Waals surface area contributed by atoms with Gasteiger partial charge in [0.05, 0.1) is 28.2 Å². The normalized spacial score (nSPS) is 11.4. The Balaban J connectivity index is 1.36. The third-order valence-electron chi connectivity index (χ3n) is 6.62. The van der Waals surface area contributed by atoms with Crippen molar-refractivity contribution < 1.29 is 23.1 Å². The Hall–Kier alpha value is -4.81. The SMILES string of the molecule is CCOc1cc(C=Nn2c(-c3cc4ccccc4o3)nc3ccccc3c2=O)c(Br)c(Br)c1OCC(=O)Nc1cccc(F)c1. The second-order valence-electron chi connectivity index (χ2n) is 9.66. The highest BCUT2D eigenvalue weighted by molar-refractivity contribution is 9.13. The van der Waals surface area contributed by atoms with Gasteiger partial charge in [0.15, 0.2) is 23.9 Å². The zero-order valence-electron chi connectivity index (χ0n) is 23.6. The molecule has 0 saturated carbocycles. The van der Waals surface area contributed by atoms with Crippen LogP contribution >= 0.6 is 31.9 Å². The molecule has 9 nitrogen and oxygen atoms in total. The van der Waals surface area contributed by atoms with Crippen molar-refractivity contribution in [2.75, 3.05) is 18.5 Å². The first kappa shape index (κ1) is 30.2. The Labute approximate surface area is 272 Å². The number of nitrogens with one attached hydrogen (secondary N) is 1. The van der Waals surface area contributed by atoms with Crippen molar-refractivity contribution in [3.05, 3.63) is 116 Å². The van der Waals surface area contributed by atoms with E-state index in [1.54, 1.807) is 30.3 Å². The van der Waals surface area contributed by atoms with Gasteiger partial charge in [0.25, 0.3) is 11.5 Å². The maximum Gasteiger partial charge on any atom is 0.282 e. The van der Waals surface area contributed by atoms with E-state index >= 15 is 0 Å². The summed E-state index contributed by atoms with van der Waals surface area (Å²) in [6.07, 6.45) is 1.49. The predicted molar refractivity (Wildman–Crippen MR) is 178 cm³/mol. The molecular weight excluding hydrogens is 711 g/mol. The van der Waals surface area contributed by atoms with Gasteiger partial charge >= 0.3 is 0 Å². The van der Waals surface area contributed by atoms with Gasteiger partial charge in [0.2, 0.25) is 5.82 Å². The van der Waals surface area contributed by atoms with Crippen LogP contribution in [0.1, 0.15) is 12.5 Å². The second kappa shape index (κ2) is 13.0. The molecule has 1 amide bonds. The number of hydrogen-bond donors (Lipinski definition) is 1. The molecule has 2 heterocycles. The summed E-state index contributed by atoms with van der Waals surface area (Å²) in [5, 5.41) is 8.40. The van der Waals surface area contributed by atoms with Crippen LogP contribution in [0.15, 0.2) is 108 Å². The molecule has 0 aliphatic rings. The highest BCUT2D eigenvalue weighted by atomic mass is 79.9. The molecule has 45 heavy (non-hydrogen) atoms. The van der Waals surface area contributed by atoms with E-state index in [2.05, 4.69) is 42.3 Å². The average molecular weight is 734 g/mol. The van der Waals surface area contributed by atoms with E-state index < -0.39 is 11.7 Å². The minimum absolute atomic E-state index is 0.232. The second-order valence-corrected chi connectivity index (χ2v) is 11.2.